The van der Waals surface area contributed by atoms with Crippen LogP contribution in [-0.4, -0.2) is 20.6 Å². The highest BCUT2D eigenvalue weighted by atomic mass is 79.9. The van der Waals surface area contributed by atoms with Crippen molar-refractivity contribution in [2.75, 3.05) is 5.32 Å². The number of hydrogen-bond acceptors (Lipinski definition) is 5. The van der Waals surface area contributed by atoms with Crippen LogP contribution in [0.5, 0.6) is 0 Å². The van der Waals surface area contributed by atoms with E-state index in [2.05, 4.69) is 31.4 Å². The minimum Gasteiger partial charge on any atom is -0.348 e. The molecular formula is C20H15BrN4O3. The highest BCUT2D eigenvalue weighted by molar-refractivity contribution is 9.10. The molecule has 0 bridgehead atoms. The molecule has 0 aliphatic rings. The van der Waals surface area contributed by atoms with Gasteiger partial charge in [0.05, 0.1) is 6.33 Å². The standard InChI is InChI=1S/C20H15BrN4O3/c21-14-6-8-15(9-7-14)23-16(26)10-11-25-12-22-18-17(13-4-2-1-3-5-13)24-28-19(18)20(25)27/h1-9,12H,10-11H2,(H,23,26). The van der Waals surface area contributed by atoms with E-state index in [1.807, 2.05) is 42.5 Å². The van der Waals surface area contributed by atoms with Gasteiger partial charge in [-0.05, 0) is 24.3 Å². The van der Waals surface area contributed by atoms with Crippen LogP contribution in [0, 0.1) is 0 Å². The van der Waals surface area contributed by atoms with E-state index in [9.17, 15) is 9.59 Å². The maximum absolute atomic E-state index is 12.6. The number of amides is 1. The van der Waals surface area contributed by atoms with Gasteiger partial charge in [0, 0.05) is 28.7 Å². The summed E-state index contributed by atoms with van der Waals surface area (Å²) in [5.41, 5.74) is 2.15. The van der Waals surface area contributed by atoms with Gasteiger partial charge < -0.3 is 9.84 Å². The third-order valence-corrected chi connectivity index (χ3v) is 4.73. The molecule has 140 valence electrons. The number of anilines is 1. The lowest BCUT2D eigenvalue weighted by Crippen LogP contribution is -2.23. The van der Waals surface area contributed by atoms with Crippen molar-refractivity contribution in [2.24, 2.45) is 0 Å². The molecule has 4 aromatic rings. The zero-order chi connectivity index (χ0) is 19.5. The molecule has 2 aromatic heterocycles. The number of aromatic nitrogens is 3. The molecule has 0 radical (unpaired) electrons. The SMILES string of the molecule is O=C(CCn1cnc2c(-c3ccccc3)noc2c1=O)Nc1ccc(Br)cc1. The predicted molar refractivity (Wildman–Crippen MR) is 109 cm³/mol. The monoisotopic (exact) mass is 438 g/mol. The number of fused-ring (bicyclic) bond motifs is 1. The topological polar surface area (TPSA) is 90.0 Å². The van der Waals surface area contributed by atoms with Crippen LogP contribution in [0.15, 0.2) is 74.7 Å². The van der Waals surface area contributed by atoms with E-state index >= 15 is 0 Å². The Morgan fingerprint density at radius 2 is 1.86 bits per heavy atom. The summed E-state index contributed by atoms with van der Waals surface area (Å²) in [5.74, 6) is -0.197. The quantitative estimate of drug-likeness (QED) is 0.511. The van der Waals surface area contributed by atoms with Gasteiger partial charge in [0.15, 0.2) is 0 Å². The molecule has 2 heterocycles. The summed E-state index contributed by atoms with van der Waals surface area (Å²) in [6.45, 7) is 0.186. The molecule has 0 saturated carbocycles. The van der Waals surface area contributed by atoms with Gasteiger partial charge in [0.1, 0.15) is 11.2 Å². The van der Waals surface area contributed by atoms with Crippen molar-refractivity contribution in [3.05, 3.63) is 75.8 Å². The number of benzene rings is 2. The van der Waals surface area contributed by atoms with Gasteiger partial charge in [-0.15, -0.1) is 0 Å². The number of rotatable bonds is 5. The number of nitrogens with one attached hydrogen (secondary N) is 1. The summed E-state index contributed by atoms with van der Waals surface area (Å²) < 4.78 is 7.52. The van der Waals surface area contributed by atoms with Crippen molar-refractivity contribution in [1.29, 1.82) is 0 Å². The molecule has 0 fully saturated rings. The Morgan fingerprint density at radius 3 is 2.61 bits per heavy atom. The average molecular weight is 439 g/mol. The molecule has 0 aliphatic heterocycles. The van der Waals surface area contributed by atoms with E-state index in [0.29, 0.717) is 16.9 Å². The molecule has 0 atom stereocenters. The van der Waals surface area contributed by atoms with E-state index < -0.39 is 0 Å². The third-order valence-electron chi connectivity index (χ3n) is 4.20. The maximum atomic E-state index is 12.6. The first-order valence-corrected chi connectivity index (χ1v) is 9.37. The van der Waals surface area contributed by atoms with Crippen LogP contribution in [0.25, 0.3) is 22.4 Å². The summed E-state index contributed by atoms with van der Waals surface area (Å²) in [7, 11) is 0. The molecule has 1 N–H and O–H groups in total. The van der Waals surface area contributed by atoms with Crippen LogP contribution in [0.1, 0.15) is 6.42 Å². The van der Waals surface area contributed by atoms with E-state index in [1.165, 1.54) is 10.9 Å². The predicted octanol–water partition coefficient (Wildman–Crippen LogP) is 3.84. The number of carbonyl (C=O) groups is 1. The second-order valence-electron chi connectivity index (χ2n) is 6.12. The first kappa shape index (κ1) is 18.1. The molecule has 4 rings (SSSR count). The minimum absolute atomic E-state index is 0.0784. The lowest BCUT2D eigenvalue weighted by Gasteiger charge is -2.07. The summed E-state index contributed by atoms with van der Waals surface area (Å²) in [6, 6.07) is 16.7. The highest BCUT2D eigenvalue weighted by Crippen LogP contribution is 2.24. The van der Waals surface area contributed by atoms with Gasteiger partial charge in [0.25, 0.3) is 11.1 Å². The minimum atomic E-state index is -0.365. The van der Waals surface area contributed by atoms with Crippen molar-refractivity contribution in [2.45, 2.75) is 13.0 Å². The van der Waals surface area contributed by atoms with Crippen LogP contribution >= 0.6 is 15.9 Å². The van der Waals surface area contributed by atoms with Gasteiger partial charge in [-0.3, -0.25) is 14.2 Å². The molecule has 0 spiro atoms. The molecule has 0 saturated heterocycles. The Morgan fingerprint density at radius 1 is 1.11 bits per heavy atom. The molecule has 7 nitrogen and oxygen atoms in total. The van der Waals surface area contributed by atoms with Crippen LogP contribution in [0.4, 0.5) is 5.69 Å². The molecule has 0 unspecified atom stereocenters. The number of aryl methyl sites for hydroxylation is 1. The lowest BCUT2D eigenvalue weighted by molar-refractivity contribution is -0.116. The fourth-order valence-corrected chi connectivity index (χ4v) is 3.04. The zero-order valence-electron chi connectivity index (χ0n) is 14.6. The smallest absolute Gasteiger partial charge is 0.299 e. The van der Waals surface area contributed by atoms with Gasteiger partial charge in [-0.1, -0.05) is 51.4 Å². The average Bonchev–Trinajstić information content (AvgIpc) is 3.15. The third kappa shape index (κ3) is 3.72. The highest BCUT2D eigenvalue weighted by Gasteiger charge is 2.16. The first-order valence-electron chi connectivity index (χ1n) is 8.57. The number of hydrogen-bond donors (Lipinski definition) is 1. The van der Waals surface area contributed by atoms with E-state index in [4.69, 9.17) is 4.52 Å². The van der Waals surface area contributed by atoms with Crippen molar-refractivity contribution in [1.82, 2.24) is 14.7 Å². The van der Waals surface area contributed by atoms with Gasteiger partial charge in [-0.25, -0.2) is 4.98 Å². The molecule has 28 heavy (non-hydrogen) atoms. The summed E-state index contributed by atoms with van der Waals surface area (Å²) in [4.78, 5) is 29.1. The van der Waals surface area contributed by atoms with Crippen molar-refractivity contribution < 1.29 is 9.32 Å². The van der Waals surface area contributed by atoms with E-state index in [1.54, 1.807) is 12.1 Å². The molecule has 2 aromatic carbocycles. The fourth-order valence-electron chi connectivity index (χ4n) is 2.78. The normalized spacial score (nSPS) is 10.9. The van der Waals surface area contributed by atoms with E-state index in [0.717, 1.165) is 10.0 Å². The van der Waals surface area contributed by atoms with Crippen LogP contribution < -0.4 is 10.9 Å². The number of nitrogens with zero attached hydrogens (tertiary/aromatic N) is 3. The second-order valence-corrected chi connectivity index (χ2v) is 7.04. The molecule has 0 aliphatic carbocycles. The lowest BCUT2D eigenvalue weighted by atomic mass is 10.1. The van der Waals surface area contributed by atoms with Crippen LogP contribution in [0.3, 0.4) is 0 Å². The van der Waals surface area contributed by atoms with Crippen molar-refractivity contribution >= 4 is 38.6 Å². The molecular weight excluding hydrogens is 424 g/mol. The Bertz CT molecular complexity index is 1180. The summed E-state index contributed by atoms with van der Waals surface area (Å²) in [5, 5.41) is 6.78. The summed E-state index contributed by atoms with van der Waals surface area (Å²) >= 11 is 3.35. The molecule has 1 amide bonds. The Kier molecular flexibility index (Phi) is 5.03. The van der Waals surface area contributed by atoms with Gasteiger partial charge in [-0.2, -0.15) is 0 Å². The maximum Gasteiger partial charge on any atom is 0.299 e. The van der Waals surface area contributed by atoms with Crippen molar-refractivity contribution in [3.63, 3.8) is 0 Å². The zero-order valence-corrected chi connectivity index (χ0v) is 16.2. The molecule has 8 heteroatoms. The van der Waals surface area contributed by atoms with Crippen LogP contribution in [-0.2, 0) is 11.3 Å². The van der Waals surface area contributed by atoms with Gasteiger partial charge >= 0.3 is 0 Å². The Hall–Kier alpha value is -3.26. The van der Waals surface area contributed by atoms with Crippen molar-refractivity contribution in [3.8, 4) is 11.3 Å². The fraction of sp³-hybridized carbons (Fsp3) is 0.100. The van der Waals surface area contributed by atoms with Gasteiger partial charge in [0.2, 0.25) is 5.91 Å². The summed E-state index contributed by atoms with van der Waals surface area (Å²) in [6.07, 6.45) is 1.55. The second kappa shape index (κ2) is 7.77. The van der Waals surface area contributed by atoms with E-state index in [-0.39, 0.29) is 30.0 Å². The number of carbonyl (C=O) groups excluding carboxylic acids is 1. The largest absolute Gasteiger partial charge is 0.348 e. The number of halogens is 1. The first-order chi connectivity index (χ1) is 13.6. The Labute approximate surface area is 168 Å². The Balaban J connectivity index is 1.50. The van der Waals surface area contributed by atoms with Crippen LogP contribution in [0.2, 0.25) is 0 Å².